The van der Waals surface area contributed by atoms with Crippen molar-refractivity contribution in [1.82, 2.24) is 0 Å². The summed E-state index contributed by atoms with van der Waals surface area (Å²) in [5.74, 6) is 0. The van der Waals surface area contributed by atoms with Gasteiger partial charge in [-0.3, -0.25) is 0 Å². The molecular formula is C11H20. The quantitative estimate of drug-likeness (QED) is 0.522. The van der Waals surface area contributed by atoms with Crippen LogP contribution in [-0.4, -0.2) is 0 Å². The SMILES string of the molecule is C.C=C(C)/C(C)=C\C(C)=C/C. The van der Waals surface area contributed by atoms with Crippen molar-refractivity contribution in [3.63, 3.8) is 0 Å². The first-order valence-electron chi connectivity index (χ1n) is 3.55. The van der Waals surface area contributed by atoms with Crippen LogP contribution < -0.4 is 0 Å². The molecule has 0 aliphatic rings. The van der Waals surface area contributed by atoms with Crippen molar-refractivity contribution in [2.45, 2.75) is 35.1 Å². The van der Waals surface area contributed by atoms with E-state index < -0.39 is 0 Å². The molecule has 0 spiro atoms. The van der Waals surface area contributed by atoms with Crippen LogP contribution in [0.25, 0.3) is 0 Å². The first-order valence-corrected chi connectivity index (χ1v) is 3.55. The molecular weight excluding hydrogens is 132 g/mol. The van der Waals surface area contributed by atoms with E-state index in [1.54, 1.807) is 0 Å². The van der Waals surface area contributed by atoms with Gasteiger partial charge in [0, 0.05) is 0 Å². The zero-order chi connectivity index (χ0) is 8.15. The molecule has 0 radical (unpaired) electrons. The van der Waals surface area contributed by atoms with E-state index in [4.69, 9.17) is 0 Å². The predicted octanol–water partition coefficient (Wildman–Crippen LogP) is 4.11. The van der Waals surface area contributed by atoms with Gasteiger partial charge in [0.25, 0.3) is 0 Å². The van der Waals surface area contributed by atoms with Gasteiger partial charge in [0.15, 0.2) is 0 Å². The average molecular weight is 152 g/mol. The minimum atomic E-state index is 0. The van der Waals surface area contributed by atoms with Crippen LogP contribution in [0.4, 0.5) is 0 Å². The fraction of sp³-hybridized carbons (Fsp3) is 0.455. The maximum Gasteiger partial charge on any atom is -0.0395 e. The molecule has 0 aliphatic carbocycles. The molecule has 0 aliphatic heterocycles. The van der Waals surface area contributed by atoms with Crippen molar-refractivity contribution in [2.24, 2.45) is 0 Å². The molecule has 11 heavy (non-hydrogen) atoms. The molecule has 0 amide bonds. The molecule has 0 unspecified atom stereocenters. The molecule has 0 aromatic rings. The Bertz CT molecular complexity index is 180. The number of allylic oxidation sites excluding steroid dienone is 5. The molecule has 0 heteroatoms. The Morgan fingerprint density at radius 3 is 1.91 bits per heavy atom. The molecule has 0 N–H and O–H groups in total. The van der Waals surface area contributed by atoms with Crippen LogP contribution in [0, 0.1) is 0 Å². The van der Waals surface area contributed by atoms with Crippen molar-refractivity contribution in [2.75, 3.05) is 0 Å². The van der Waals surface area contributed by atoms with E-state index in [0.29, 0.717) is 0 Å². The third kappa shape index (κ3) is 5.65. The van der Waals surface area contributed by atoms with Crippen LogP contribution >= 0.6 is 0 Å². The maximum atomic E-state index is 3.85. The molecule has 0 heterocycles. The van der Waals surface area contributed by atoms with Gasteiger partial charge in [-0.2, -0.15) is 0 Å². The third-order valence-corrected chi connectivity index (χ3v) is 1.57. The Kier molecular flexibility index (Phi) is 6.97. The van der Waals surface area contributed by atoms with Crippen molar-refractivity contribution in [3.8, 4) is 0 Å². The van der Waals surface area contributed by atoms with E-state index >= 15 is 0 Å². The van der Waals surface area contributed by atoms with Crippen LogP contribution in [-0.2, 0) is 0 Å². The molecule has 0 nitrogen and oxygen atoms in total. The molecule has 0 saturated carbocycles. The maximum absolute atomic E-state index is 3.85. The van der Waals surface area contributed by atoms with E-state index in [1.807, 2.05) is 13.8 Å². The second kappa shape index (κ2) is 5.96. The fourth-order valence-corrected chi connectivity index (χ4v) is 0.548. The first kappa shape index (κ1) is 12.9. The minimum absolute atomic E-state index is 0. The Hall–Kier alpha value is -0.780. The van der Waals surface area contributed by atoms with Gasteiger partial charge in [-0.25, -0.2) is 0 Å². The summed E-state index contributed by atoms with van der Waals surface area (Å²) in [6, 6.07) is 0. The van der Waals surface area contributed by atoms with E-state index in [9.17, 15) is 0 Å². The Balaban J connectivity index is 0. The summed E-state index contributed by atoms with van der Waals surface area (Å²) in [7, 11) is 0. The number of rotatable bonds is 2. The lowest BCUT2D eigenvalue weighted by Gasteiger charge is -1.97. The normalized spacial score (nSPS) is 12.4. The van der Waals surface area contributed by atoms with Crippen LogP contribution in [0.5, 0.6) is 0 Å². The third-order valence-electron chi connectivity index (χ3n) is 1.57. The van der Waals surface area contributed by atoms with Crippen molar-refractivity contribution < 1.29 is 0 Å². The lowest BCUT2D eigenvalue weighted by Crippen LogP contribution is -1.77. The Morgan fingerprint density at radius 1 is 1.18 bits per heavy atom. The average Bonchev–Trinajstić information content (AvgIpc) is 1.87. The summed E-state index contributed by atoms with van der Waals surface area (Å²) in [6.07, 6.45) is 4.23. The van der Waals surface area contributed by atoms with Crippen LogP contribution in [0.2, 0.25) is 0 Å². The van der Waals surface area contributed by atoms with Crippen LogP contribution in [0.1, 0.15) is 35.1 Å². The predicted molar refractivity (Wildman–Crippen MR) is 54.7 cm³/mol. The molecule has 0 bridgehead atoms. The number of hydrogen-bond donors (Lipinski definition) is 0. The molecule has 0 aromatic heterocycles. The molecule has 0 aromatic carbocycles. The summed E-state index contributed by atoms with van der Waals surface area (Å²) in [5, 5.41) is 0. The lowest BCUT2D eigenvalue weighted by molar-refractivity contribution is 1.33. The van der Waals surface area contributed by atoms with Gasteiger partial charge in [0.05, 0.1) is 0 Å². The van der Waals surface area contributed by atoms with Crippen molar-refractivity contribution in [3.05, 3.63) is 35.5 Å². The topological polar surface area (TPSA) is 0 Å². The van der Waals surface area contributed by atoms with Gasteiger partial charge in [-0.15, -0.1) is 0 Å². The molecule has 0 fully saturated rings. The van der Waals surface area contributed by atoms with Crippen LogP contribution in [0.15, 0.2) is 35.5 Å². The van der Waals surface area contributed by atoms with Gasteiger partial charge < -0.3 is 0 Å². The standard InChI is InChI=1S/C10H16.CH4/c1-6-9(4)7-10(5)8(2)3;/h6-7H,2H2,1,3-5H3;1H4/b9-6-,10-7-;. The second-order valence-electron chi connectivity index (χ2n) is 2.64. The summed E-state index contributed by atoms with van der Waals surface area (Å²) < 4.78 is 0. The van der Waals surface area contributed by atoms with Gasteiger partial charge in [-0.05, 0) is 33.3 Å². The van der Waals surface area contributed by atoms with E-state index in [0.717, 1.165) is 5.57 Å². The highest BCUT2D eigenvalue weighted by Crippen LogP contribution is 2.08. The zero-order valence-corrected chi connectivity index (χ0v) is 7.36. The zero-order valence-electron chi connectivity index (χ0n) is 7.36. The van der Waals surface area contributed by atoms with Crippen molar-refractivity contribution >= 4 is 0 Å². The minimum Gasteiger partial charge on any atom is -0.0958 e. The summed E-state index contributed by atoms with van der Waals surface area (Å²) in [5.41, 5.74) is 3.69. The molecule has 0 rings (SSSR count). The lowest BCUT2D eigenvalue weighted by atomic mass is 10.1. The smallest absolute Gasteiger partial charge is 0.0395 e. The van der Waals surface area contributed by atoms with E-state index in [1.165, 1.54) is 11.1 Å². The Morgan fingerprint density at radius 2 is 1.64 bits per heavy atom. The second-order valence-corrected chi connectivity index (χ2v) is 2.64. The molecule has 0 saturated heterocycles. The van der Waals surface area contributed by atoms with Crippen molar-refractivity contribution in [1.29, 1.82) is 0 Å². The van der Waals surface area contributed by atoms with Gasteiger partial charge >= 0.3 is 0 Å². The van der Waals surface area contributed by atoms with E-state index in [-0.39, 0.29) is 7.43 Å². The summed E-state index contributed by atoms with van der Waals surface area (Å²) in [4.78, 5) is 0. The monoisotopic (exact) mass is 152 g/mol. The summed E-state index contributed by atoms with van der Waals surface area (Å²) in [6.45, 7) is 12.1. The highest BCUT2D eigenvalue weighted by Gasteiger charge is 1.87. The Labute approximate surface area is 71.3 Å². The summed E-state index contributed by atoms with van der Waals surface area (Å²) >= 11 is 0. The fourth-order valence-electron chi connectivity index (χ4n) is 0.548. The highest BCUT2D eigenvalue weighted by molar-refractivity contribution is 5.31. The van der Waals surface area contributed by atoms with Crippen LogP contribution in [0.3, 0.4) is 0 Å². The van der Waals surface area contributed by atoms with Gasteiger partial charge in [0.2, 0.25) is 0 Å². The highest BCUT2D eigenvalue weighted by atomic mass is 13.9. The molecule has 0 atom stereocenters. The van der Waals surface area contributed by atoms with E-state index in [2.05, 4.69) is 32.6 Å². The van der Waals surface area contributed by atoms with Gasteiger partial charge in [-0.1, -0.05) is 37.3 Å². The number of hydrogen-bond acceptors (Lipinski definition) is 0. The first-order chi connectivity index (χ1) is 4.57. The largest absolute Gasteiger partial charge is 0.0958 e. The molecule has 64 valence electrons. The van der Waals surface area contributed by atoms with Gasteiger partial charge in [0.1, 0.15) is 0 Å².